The van der Waals surface area contributed by atoms with Crippen LogP contribution in [0.1, 0.15) is 19.3 Å². The molecule has 0 aromatic carbocycles. The Bertz CT molecular complexity index is 133. The molecule has 0 unspecified atom stereocenters. The van der Waals surface area contributed by atoms with Crippen molar-refractivity contribution in [2.75, 3.05) is 0 Å². The van der Waals surface area contributed by atoms with Crippen LogP contribution in [0.5, 0.6) is 0 Å². The summed E-state index contributed by atoms with van der Waals surface area (Å²) in [4.78, 5) is 10.7. The van der Waals surface area contributed by atoms with E-state index in [4.69, 9.17) is 0 Å². The molecule has 1 radical (unpaired) electrons. The lowest BCUT2D eigenvalue weighted by Gasteiger charge is -1.85. The number of carbonyl (C=O) groups is 1. The maximum atomic E-state index is 10.7. The standard InChI is InChI=1S/C7H9O/c1-2-6-4-3-5-7(6)8/h2H,1,3-5H2. The highest BCUT2D eigenvalue weighted by atomic mass is 16.1. The van der Waals surface area contributed by atoms with Crippen LogP contribution >= 0.6 is 0 Å². The van der Waals surface area contributed by atoms with Crippen molar-refractivity contribution in [1.29, 1.82) is 0 Å². The molecule has 0 N–H and O–H groups in total. The molecule has 1 aliphatic carbocycles. The summed E-state index contributed by atoms with van der Waals surface area (Å²) in [5.74, 6) is 0.292. The van der Waals surface area contributed by atoms with E-state index in [1.165, 1.54) is 0 Å². The number of hydrogen-bond acceptors (Lipinski definition) is 1. The van der Waals surface area contributed by atoms with Crippen molar-refractivity contribution in [2.45, 2.75) is 19.3 Å². The van der Waals surface area contributed by atoms with E-state index in [1.54, 1.807) is 6.08 Å². The van der Waals surface area contributed by atoms with Crippen molar-refractivity contribution in [3.63, 3.8) is 0 Å². The second-order valence-electron chi connectivity index (χ2n) is 2.01. The molecular weight excluding hydrogens is 100 g/mol. The van der Waals surface area contributed by atoms with Gasteiger partial charge in [0.1, 0.15) is 0 Å². The third-order valence-electron chi connectivity index (χ3n) is 1.45. The lowest BCUT2D eigenvalue weighted by Crippen LogP contribution is -1.89. The maximum Gasteiger partial charge on any atom is 0.158 e. The zero-order valence-electron chi connectivity index (χ0n) is 4.81. The van der Waals surface area contributed by atoms with Gasteiger partial charge in [-0.25, -0.2) is 0 Å². The van der Waals surface area contributed by atoms with Gasteiger partial charge in [0.2, 0.25) is 0 Å². The molecule has 0 aromatic rings. The normalized spacial score (nSPS) is 25.1. The van der Waals surface area contributed by atoms with Crippen LogP contribution in [0.15, 0.2) is 11.6 Å². The van der Waals surface area contributed by atoms with Crippen molar-refractivity contribution in [3.05, 3.63) is 18.6 Å². The van der Waals surface area contributed by atoms with E-state index in [0.29, 0.717) is 5.78 Å². The van der Waals surface area contributed by atoms with Crippen LogP contribution in [0.2, 0.25) is 0 Å². The maximum absolute atomic E-state index is 10.7. The van der Waals surface area contributed by atoms with Crippen LogP contribution in [0.25, 0.3) is 0 Å². The number of ketones is 1. The Kier molecular flexibility index (Phi) is 1.47. The molecule has 1 heteroatoms. The Morgan fingerprint density at radius 2 is 2.25 bits per heavy atom. The highest BCUT2D eigenvalue weighted by Crippen LogP contribution is 2.19. The molecule has 0 atom stereocenters. The molecule has 8 heavy (non-hydrogen) atoms. The Hall–Kier alpha value is -0.590. The number of carbonyl (C=O) groups excluding carboxylic acids is 1. The van der Waals surface area contributed by atoms with Crippen LogP contribution in [0.3, 0.4) is 0 Å². The van der Waals surface area contributed by atoms with Crippen molar-refractivity contribution < 1.29 is 4.79 Å². The summed E-state index contributed by atoms with van der Waals surface area (Å²) in [6, 6.07) is 0. The van der Waals surface area contributed by atoms with E-state index in [0.717, 1.165) is 24.8 Å². The second kappa shape index (κ2) is 2.12. The molecule has 1 rings (SSSR count). The molecule has 1 nitrogen and oxygen atoms in total. The lowest BCUT2D eigenvalue weighted by molar-refractivity contribution is -0.114. The molecule has 0 aromatic heterocycles. The second-order valence-corrected chi connectivity index (χ2v) is 2.01. The summed E-state index contributed by atoms with van der Waals surface area (Å²) in [7, 11) is 0. The largest absolute Gasteiger partial charge is 0.295 e. The summed E-state index contributed by atoms with van der Waals surface area (Å²) < 4.78 is 0. The fourth-order valence-corrected chi connectivity index (χ4v) is 0.955. The molecule has 0 heterocycles. The van der Waals surface area contributed by atoms with Gasteiger partial charge in [0.15, 0.2) is 5.78 Å². The predicted octanol–water partition coefficient (Wildman–Crippen LogP) is 1.50. The molecule has 0 spiro atoms. The molecular formula is C7H9O. The molecule has 0 saturated heterocycles. The first kappa shape index (κ1) is 5.54. The SMILES string of the molecule is [CH2]C=C1CCCC1=O. The van der Waals surface area contributed by atoms with Gasteiger partial charge in [-0.1, -0.05) is 6.08 Å². The predicted molar refractivity (Wildman–Crippen MR) is 32.3 cm³/mol. The Balaban J connectivity index is 2.69. The molecule has 43 valence electrons. The monoisotopic (exact) mass is 109 g/mol. The molecule has 1 aliphatic rings. The van der Waals surface area contributed by atoms with Crippen LogP contribution in [-0.2, 0) is 4.79 Å². The van der Waals surface area contributed by atoms with Gasteiger partial charge in [-0.3, -0.25) is 4.79 Å². The average Bonchev–Trinajstić information content (AvgIpc) is 2.14. The molecule has 1 saturated carbocycles. The fourth-order valence-electron chi connectivity index (χ4n) is 0.955. The van der Waals surface area contributed by atoms with E-state index in [1.807, 2.05) is 0 Å². The molecule has 0 amide bonds. The van der Waals surface area contributed by atoms with Crippen molar-refractivity contribution in [1.82, 2.24) is 0 Å². The highest BCUT2D eigenvalue weighted by Gasteiger charge is 2.14. The van der Waals surface area contributed by atoms with Gasteiger partial charge in [-0.15, -0.1) is 0 Å². The Morgan fingerprint density at radius 3 is 2.50 bits per heavy atom. The fraction of sp³-hybridized carbons (Fsp3) is 0.429. The lowest BCUT2D eigenvalue weighted by atomic mass is 10.2. The van der Waals surface area contributed by atoms with Crippen LogP contribution < -0.4 is 0 Å². The third kappa shape index (κ3) is 0.808. The number of allylic oxidation sites excluding steroid dienone is 2. The summed E-state index contributed by atoms with van der Waals surface area (Å²) in [6.45, 7) is 3.54. The summed E-state index contributed by atoms with van der Waals surface area (Å²) >= 11 is 0. The van der Waals surface area contributed by atoms with Gasteiger partial charge in [-0.2, -0.15) is 0 Å². The van der Waals surface area contributed by atoms with E-state index >= 15 is 0 Å². The Morgan fingerprint density at radius 1 is 1.50 bits per heavy atom. The topological polar surface area (TPSA) is 17.1 Å². The van der Waals surface area contributed by atoms with Crippen molar-refractivity contribution in [3.8, 4) is 0 Å². The van der Waals surface area contributed by atoms with Gasteiger partial charge < -0.3 is 0 Å². The van der Waals surface area contributed by atoms with Crippen LogP contribution in [-0.4, -0.2) is 5.78 Å². The van der Waals surface area contributed by atoms with Crippen molar-refractivity contribution >= 4 is 5.78 Å². The molecule has 0 aliphatic heterocycles. The smallest absolute Gasteiger partial charge is 0.158 e. The summed E-state index contributed by atoms with van der Waals surface area (Å²) in [6.07, 6.45) is 4.39. The van der Waals surface area contributed by atoms with Crippen molar-refractivity contribution in [2.24, 2.45) is 0 Å². The number of Topliss-reactive ketones (excluding diaryl/α,β-unsaturated/α-hetero) is 1. The van der Waals surface area contributed by atoms with E-state index in [-0.39, 0.29) is 0 Å². The first-order valence-corrected chi connectivity index (χ1v) is 2.86. The molecule has 1 fully saturated rings. The third-order valence-corrected chi connectivity index (χ3v) is 1.45. The Labute approximate surface area is 49.4 Å². The minimum Gasteiger partial charge on any atom is -0.295 e. The van der Waals surface area contributed by atoms with Crippen LogP contribution in [0.4, 0.5) is 0 Å². The van der Waals surface area contributed by atoms with Gasteiger partial charge in [0.05, 0.1) is 0 Å². The van der Waals surface area contributed by atoms with Crippen LogP contribution in [0, 0.1) is 6.92 Å². The van der Waals surface area contributed by atoms with Gasteiger partial charge in [-0.05, 0) is 25.3 Å². The van der Waals surface area contributed by atoms with E-state index in [9.17, 15) is 4.79 Å². The average molecular weight is 109 g/mol. The minimum atomic E-state index is 0.292. The number of hydrogen-bond donors (Lipinski definition) is 0. The highest BCUT2D eigenvalue weighted by molar-refractivity contribution is 5.97. The first-order chi connectivity index (χ1) is 3.84. The minimum absolute atomic E-state index is 0.292. The van der Waals surface area contributed by atoms with E-state index < -0.39 is 0 Å². The van der Waals surface area contributed by atoms with Gasteiger partial charge in [0.25, 0.3) is 0 Å². The quantitative estimate of drug-likeness (QED) is 0.431. The zero-order chi connectivity index (χ0) is 5.98. The summed E-state index contributed by atoms with van der Waals surface area (Å²) in [5.41, 5.74) is 0.921. The van der Waals surface area contributed by atoms with Gasteiger partial charge in [0, 0.05) is 6.42 Å². The molecule has 0 bridgehead atoms. The summed E-state index contributed by atoms with van der Waals surface area (Å²) in [5, 5.41) is 0. The zero-order valence-corrected chi connectivity index (χ0v) is 4.81. The van der Waals surface area contributed by atoms with Gasteiger partial charge >= 0.3 is 0 Å². The van der Waals surface area contributed by atoms with E-state index in [2.05, 4.69) is 6.92 Å². The number of rotatable bonds is 0. The first-order valence-electron chi connectivity index (χ1n) is 2.86.